The number of anilines is 1. The molecule has 0 aliphatic carbocycles. The van der Waals surface area contributed by atoms with Crippen molar-refractivity contribution < 1.29 is 32.7 Å². The van der Waals surface area contributed by atoms with Crippen LogP contribution >= 0.6 is 0 Å². The highest BCUT2D eigenvalue weighted by atomic mass is 32.2. The smallest absolute Gasteiger partial charge is 0.303 e. The molecule has 0 heterocycles. The van der Waals surface area contributed by atoms with E-state index in [2.05, 4.69) is 20.3 Å². The minimum Gasteiger partial charge on any atom is -0.481 e. The molecule has 0 unspecified atom stereocenters. The van der Waals surface area contributed by atoms with E-state index in [0.29, 0.717) is 23.5 Å². The Morgan fingerprint density at radius 3 is 2.38 bits per heavy atom. The zero-order chi connectivity index (χ0) is 29.9. The van der Waals surface area contributed by atoms with E-state index in [1.165, 1.54) is 6.07 Å². The number of amides is 2. The first kappa shape index (κ1) is 32.0. The number of aldehydes is 1. The van der Waals surface area contributed by atoms with Gasteiger partial charge in [0.1, 0.15) is 12.3 Å². The van der Waals surface area contributed by atoms with Crippen molar-refractivity contribution in [2.24, 2.45) is 16.5 Å². The summed E-state index contributed by atoms with van der Waals surface area (Å²) in [6, 6.07) is 7.56. The van der Waals surface area contributed by atoms with Gasteiger partial charge in [0, 0.05) is 43.5 Å². The van der Waals surface area contributed by atoms with Gasteiger partial charge >= 0.3 is 5.97 Å². The van der Waals surface area contributed by atoms with Gasteiger partial charge in [-0.1, -0.05) is 24.3 Å². The fraction of sp³-hybridized carbons (Fsp3) is 0.400. The highest BCUT2D eigenvalue weighted by Gasteiger charge is 2.28. The second-order valence-electron chi connectivity index (χ2n) is 9.11. The van der Waals surface area contributed by atoms with Gasteiger partial charge in [-0.2, -0.15) is 4.72 Å². The molecule has 0 spiro atoms. The van der Waals surface area contributed by atoms with Gasteiger partial charge in [-0.3, -0.25) is 19.4 Å². The second-order valence-corrected chi connectivity index (χ2v) is 10.8. The summed E-state index contributed by atoms with van der Waals surface area (Å²) in [6.45, 7) is -0.305. The third kappa shape index (κ3) is 9.50. The van der Waals surface area contributed by atoms with Crippen LogP contribution in [0.1, 0.15) is 25.7 Å². The quantitative estimate of drug-likeness (QED) is 0.0634. The Labute approximate surface area is 232 Å². The normalized spacial score (nSPS) is 12.7. The number of guanidine groups is 1. The maximum atomic E-state index is 13.4. The van der Waals surface area contributed by atoms with E-state index in [-0.39, 0.29) is 30.2 Å². The lowest BCUT2D eigenvalue weighted by atomic mass is 10.1. The molecule has 2 aromatic carbocycles. The van der Waals surface area contributed by atoms with Crippen molar-refractivity contribution in [3.63, 3.8) is 0 Å². The summed E-state index contributed by atoms with van der Waals surface area (Å²) in [5.74, 6) is -2.92. The van der Waals surface area contributed by atoms with Crippen molar-refractivity contribution >= 4 is 56.5 Å². The number of aliphatic imine (C=N–C) groups is 1. The van der Waals surface area contributed by atoms with Crippen molar-refractivity contribution in [3.8, 4) is 0 Å². The number of carbonyl (C=O) groups is 4. The Hall–Kier alpha value is -4.24. The first-order valence-electron chi connectivity index (χ1n) is 12.4. The molecule has 0 fully saturated rings. The number of fused-ring (bicyclic) bond motifs is 1. The number of rotatable bonds is 16. The number of aliphatic carboxylic acids is 1. The molecule has 0 radical (unpaired) electrons. The average Bonchev–Trinajstić information content (AvgIpc) is 2.90. The first-order valence-corrected chi connectivity index (χ1v) is 13.8. The number of hydrogen-bond acceptors (Lipinski definition) is 8. The van der Waals surface area contributed by atoms with E-state index in [0.717, 1.165) is 5.69 Å². The minimum atomic E-state index is -4.30. The maximum Gasteiger partial charge on any atom is 0.303 e. The number of sulfonamides is 1. The molecule has 2 atom stereocenters. The Kier molecular flexibility index (Phi) is 11.8. The molecule has 0 saturated carbocycles. The van der Waals surface area contributed by atoms with Crippen molar-refractivity contribution in [2.45, 2.75) is 42.7 Å². The standard InChI is InChI=1S/C25H35N7O7S/c1-32(2)20-9-3-8-18-17(20)7-4-10-21(18)40(38,39)31-19(11-12-23(35)36)24(37)29-14-22(34)30-16(15-33)6-5-13-28-25(26)27/h3-4,7-10,15-16,19,31H,5-6,11-14H2,1-2H3,(H,29,37)(H,30,34)(H,35,36)(H4,26,27,28)/t16-,19-/m0/s1. The molecule has 0 bridgehead atoms. The lowest BCUT2D eigenvalue weighted by Gasteiger charge is -2.20. The van der Waals surface area contributed by atoms with Crippen LogP contribution in [0.3, 0.4) is 0 Å². The molecule has 15 heteroatoms. The van der Waals surface area contributed by atoms with Crippen LogP contribution < -0.4 is 31.7 Å². The molecule has 8 N–H and O–H groups in total. The molecule has 0 saturated heterocycles. The molecule has 0 aliphatic heterocycles. The summed E-state index contributed by atoms with van der Waals surface area (Å²) in [7, 11) is -0.659. The van der Waals surface area contributed by atoms with E-state index in [1.54, 1.807) is 24.3 Å². The lowest BCUT2D eigenvalue weighted by Crippen LogP contribution is -2.50. The summed E-state index contributed by atoms with van der Waals surface area (Å²) in [4.78, 5) is 53.2. The Balaban J connectivity index is 2.15. The van der Waals surface area contributed by atoms with Gasteiger partial charge in [-0.25, -0.2) is 8.42 Å². The van der Waals surface area contributed by atoms with E-state index in [4.69, 9.17) is 16.6 Å². The summed E-state index contributed by atoms with van der Waals surface area (Å²) >= 11 is 0. The van der Waals surface area contributed by atoms with E-state index >= 15 is 0 Å². The largest absolute Gasteiger partial charge is 0.481 e. The van der Waals surface area contributed by atoms with Crippen molar-refractivity contribution in [2.75, 3.05) is 32.1 Å². The Bertz CT molecular complexity index is 1360. The highest BCUT2D eigenvalue weighted by Crippen LogP contribution is 2.30. The van der Waals surface area contributed by atoms with Crippen LogP contribution in [-0.4, -0.2) is 82.8 Å². The third-order valence-corrected chi connectivity index (χ3v) is 7.32. The summed E-state index contributed by atoms with van der Waals surface area (Å²) in [6.07, 6.45) is 0.331. The second kappa shape index (κ2) is 14.8. The lowest BCUT2D eigenvalue weighted by molar-refractivity contribution is -0.137. The monoisotopic (exact) mass is 577 g/mol. The number of carboxylic acid groups (broad SMARTS) is 1. The van der Waals surface area contributed by atoms with Gasteiger partial charge in [0.15, 0.2) is 5.96 Å². The number of nitrogens with two attached hydrogens (primary N) is 2. The van der Waals surface area contributed by atoms with Crippen LogP contribution in [0, 0.1) is 0 Å². The van der Waals surface area contributed by atoms with Gasteiger partial charge in [-0.15, -0.1) is 0 Å². The zero-order valence-electron chi connectivity index (χ0n) is 22.3. The van der Waals surface area contributed by atoms with Crippen molar-refractivity contribution in [1.82, 2.24) is 15.4 Å². The predicted octanol–water partition coefficient (Wildman–Crippen LogP) is -0.729. The number of benzene rings is 2. The van der Waals surface area contributed by atoms with E-state index in [1.807, 2.05) is 25.1 Å². The summed E-state index contributed by atoms with van der Waals surface area (Å²) in [5.41, 5.74) is 11.3. The van der Waals surface area contributed by atoms with Crippen LogP contribution in [0.4, 0.5) is 5.69 Å². The van der Waals surface area contributed by atoms with Crippen LogP contribution in [-0.2, 0) is 29.2 Å². The van der Waals surface area contributed by atoms with Crippen LogP contribution in [0.2, 0.25) is 0 Å². The molecule has 2 aromatic rings. The third-order valence-electron chi connectivity index (χ3n) is 5.79. The van der Waals surface area contributed by atoms with Crippen LogP contribution in [0.5, 0.6) is 0 Å². The van der Waals surface area contributed by atoms with Crippen molar-refractivity contribution in [1.29, 1.82) is 0 Å². The molecular weight excluding hydrogens is 542 g/mol. The fourth-order valence-electron chi connectivity index (χ4n) is 3.89. The van der Waals surface area contributed by atoms with E-state index < -0.39 is 52.9 Å². The maximum absolute atomic E-state index is 13.4. The Morgan fingerprint density at radius 1 is 1.07 bits per heavy atom. The molecule has 0 aliphatic rings. The molecule has 40 heavy (non-hydrogen) atoms. The highest BCUT2D eigenvalue weighted by molar-refractivity contribution is 7.89. The number of carboxylic acids is 1. The zero-order valence-corrected chi connectivity index (χ0v) is 23.1. The average molecular weight is 578 g/mol. The molecule has 218 valence electrons. The topological polar surface area (TPSA) is 226 Å². The molecule has 0 aromatic heterocycles. The van der Waals surface area contributed by atoms with Crippen LogP contribution in [0.15, 0.2) is 46.3 Å². The molecule has 14 nitrogen and oxygen atoms in total. The minimum absolute atomic E-state index is 0.0888. The SMILES string of the molecule is CN(C)c1cccc2c(S(=O)(=O)N[C@@H](CCC(=O)O)C(=O)NCC(=O)N[C@H](C=O)CCCN=C(N)N)cccc12. The number of carbonyl (C=O) groups excluding carboxylic acids is 3. The first-order chi connectivity index (χ1) is 18.9. The van der Waals surface area contributed by atoms with Gasteiger partial charge in [-0.05, 0) is 31.4 Å². The van der Waals surface area contributed by atoms with Gasteiger partial charge in [0.05, 0.1) is 17.5 Å². The molecule has 2 rings (SSSR count). The van der Waals surface area contributed by atoms with Gasteiger partial charge in [0.25, 0.3) is 0 Å². The predicted molar refractivity (Wildman–Crippen MR) is 150 cm³/mol. The number of nitrogens with zero attached hydrogens (tertiary/aromatic N) is 2. The summed E-state index contributed by atoms with van der Waals surface area (Å²) < 4.78 is 29.1. The Morgan fingerprint density at radius 2 is 1.75 bits per heavy atom. The molecule has 2 amide bonds. The molecular formula is C25H35N7O7S. The number of hydrogen-bond donors (Lipinski definition) is 6. The van der Waals surface area contributed by atoms with E-state index in [9.17, 15) is 27.6 Å². The van der Waals surface area contributed by atoms with Gasteiger partial charge in [0.2, 0.25) is 21.8 Å². The van der Waals surface area contributed by atoms with Crippen LogP contribution in [0.25, 0.3) is 10.8 Å². The van der Waals surface area contributed by atoms with Crippen molar-refractivity contribution in [3.05, 3.63) is 36.4 Å². The summed E-state index contributed by atoms with van der Waals surface area (Å²) in [5, 5.41) is 14.9. The fourth-order valence-corrected chi connectivity index (χ4v) is 5.34. The number of nitrogens with one attached hydrogen (secondary N) is 3. The van der Waals surface area contributed by atoms with Gasteiger partial charge < -0.3 is 36.9 Å².